The van der Waals surface area contributed by atoms with Gasteiger partial charge in [-0.3, -0.25) is 4.79 Å². The number of hydrogen-bond donors (Lipinski definition) is 1. The van der Waals surface area contributed by atoms with Crippen molar-refractivity contribution in [3.63, 3.8) is 0 Å². The van der Waals surface area contributed by atoms with Gasteiger partial charge in [0.15, 0.2) is 11.0 Å². The summed E-state index contributed by atoms with van der Waals surface area (Å²) in [5, 5.41) is 11.5. The Bertz CT molecular complexity index is 1240. The third kappa shape index (κ3) is 5.12. The van der Waals surface area contributed by atoms with E-state index in [0.717, 1.165) is 5.56 Å². The number of aromatic nitrogens is 1. The van der Waals surface area contributed by atoms with E-state index in [1.165, 1.54) is 23.1 Å². The average molecular weight is 473 g/mol. The van der Waals surface area contributed by atoms with Crippen molar-refractivity contribution in [2.45, 2.75) is 44.5 Å². The van der Waals surface area contributed by atoms with Crippen LogP contribution in [-0.2, 0) is 22.4 Å². The Morgan fingerprint density at radius 3 is 2.38 bits per heavy atom. The quantitative estimate of drug-likeness (QED) is 0.491. The van der Waals surface area contributed by atoms with E-state index in [1.807, 2.05) is 30.3 Å². The highest BCUT2D eigenvalue weighted by molar-refractivity contribution is 5.78. The molecule has 0 radical (unpaired) electrons. The largest absolute Gasteiger partial charge is 0.462 e. The Labute approximate surface area is 195 Å². The molecule has 1 aromatic heterocycles. The predicted octanol–water partition coefficient (Wildman–Crippen LogP) is 5.17. The van der Waals surface area contributed by atoms with E-state index >= 15 is 0 Å². The number of alkyl halides is 3. The number of fused-ring (bicyclic) bond motifs is 1. The first-order valence-corrected chi connectivity index (χ1v) is 10.9. The third-order valence-corrected chi connectivity index (χ3v) is 6.17. The predicted molar refractivity (Wildman–Crippen MR) is 122 cm³/mol. The molecule has 2 aromatic carbocycles. The number of benzene rings is 2. The van der Waals surface area contributed by atoms with Gasteiger partial charge in [-0.1, -0.05) is 49.4 Å². The molecule has 2 atom stereocenters. The summed E-state index contributed by atoms with van der Waals surface area (Å²) in [5.41, 5.74) is -3.18. The SMILES string of the molecule is CC(CC1=COCO1)(Cc1ccccc1)CC(O)(Cn1ccc(=O)c2ccccc21)C(F)(F)F. The average Bonchev–Trinajstić information content (AvgIpc) is 3.28. The zero-order valence-corrected chi connectivity index (χ0v) is 18.7. The van der Waals surface area contributed by atoms with Crippen LogP contribution in [0.2, 0.25) is 0 Å². The molecule has 0 spiro atoms. The third-order valence-electron chi connectivity index (χ3n) is 6.17. The van der Waals surface area contributed by atoms with Gasteiger partial charge in [0.1, 0.15) is 12.0 Å². The molecule has 5 nitrogen and oxygen atoms in total. The van der Waals surface area contributed by atoms with Crippen molar-refractivity contribution in [1.82, 2.24) is 4.57 Å². The molecule has 34 heavy (non-hydrogen) atoms. The first-order valence-electron chi connectivity index (χ1n) is 10.9. The second-order valence-corrected chi connectivity index (χ2v) is 9.19. The molecule has 2 heterocycles. The van der Waals surface area contributed by atoms with Crippen molar-refractivity contribution in [2.75, 3.05) is 6.79 Å². The van der Waals surface area contributed by atoms with Crippen LogP contribution in [0.15, 0.2) is 83.7 Å². The van der Waals surface area contributed by atoms with Crippen LogP contribution < -0.4 is 5.43 Å². The van der Waals surface area contributed by atoms with Gasteiger partial charge in [-0.15, -0.1) is 0 Å². The highest BCUT2D eigenvalue weighted by Gasteiger charge is 2.56. The van der Waals surface area contributed by atoms with Crippen LogP contribution in [0, 0.1) is 5.41 Å². The van der Waals surface area contributed by atoms with Gasteiger partial charge in [0.2, 0.25) is 6.79 Å². The fourth-order valence-corrected chi connectivity index (χ4v) is 4.69. The molecule has 1 N–H and O–H groups in total. The molecular weight excluding hydrogens is 447 g/mol. The van der Waals surface area contributed by atoms with Crippen LogP contribution in [0.4, 0.5) is 13.2 Å². The number of ether oxygens (including phenoxy) is 2. The smallest absolute Gasteiger partial charge is 0.418 e. The zero-order chi connectivity index (χ0) is 24.4. The number of rotatable bonds is 8. The van der Waals surface area contributed by atoms with Crippen LogP contribution in [0.1, 0.15) is 25.3 Å². The van der Waals surface area contributed by atoms with Gasteiger partial charge in [0, 0.05) is 24.1 Å². The van der Waals surface area contributed by atoms with Gasteiger partial charge in [-0.2, -0.15) is 13.2 Å². The standard InChI is InChI=1S/C26H26F3NO4/c1-24(14-20-15-33-18-34-20,13-19-7-3-2-4-8-19)16-25(32,26(27,28)29)17-30-12-11-23(31)21-9-5-6-10-22(21)30/h2-12,15,32H,13-14,16-18H2,1H3. The lowest BCUT2D eigenvalue weighted by Crippen LogP contribution is -2.52. The van der Waals surface area contributed by atoms with Crippen molar-refractivity contribution >= 4 is 10.9 Å². The van der Waals surface area contributed by atoms with Crippen molar-refractivity contribution in [3.8, 4) is 0 Å². The maximum absolute atomic E-state index is 14.5. The maximum Gasteiger partial charge on any atom is 0.418 e. The first kappa shape index (κ1) is 23.9. The van der Waals surface area contributed by atoms with Crippen LogP contribution >= 0.6 is 0 Å². The molecule has 3 aromatic rings. The molecule has 1 aliphatic heterocycles. The minimum absolute atomic E-state index is 0.0175. The van der Waals surface area contributed by atoms with Crippen molar-refractivity contribution < 1.29 is 27.8 Å². The van der Waals surface area contributed by atoms with E-state index in [9.17, 15) is 23.1 Å². The van der Waals surface area contributed by atoms with E-state index in [-0.39, 0.29) is 25.1 Å². The lowest BCUT2D eigenvalue weighted by molar-refractivity contribution is -0.275. The second-order valence-electron chi connectivity index (χ2n) is 9.19. The fourth-order valence-electron chi connectivity index (χ4n) is 4.69. The van der Waals surface area contributed by atoms with Gasteiger partial charge in [0.05, 0.1) is 12.1 Å². The van der Waals surface area contributed by atoms with E-state index in [0.29, 0.717) is 16.7 Å². The molecule has 0 aliphatic carbocycles. The number of nitrogens with zero attached hydrogens (tertiary/aromatic N) is 1. The first-order chi connectivity index (χ1) is 16.1. The second kappa shape index (κ2) is 9.18. The van der Waals surface area contributed by atoms with Gasteiger partial charge >= 0.3 is 6.18 Å². The molecule has 0 bridgehead atoms. The number of hydrogen-bond acceptors (Lipinski definition) is 4. The molecule has 0 amide bonds. The molecule has 4 rings (SSSR count). The number of halogens is 3. The Morgan fingerprint density at radius 2 is 1.71 bits per heavy atom. The van der Waals surface area contributed by atoms with Crippen LogP contribution in [0.25, 0.3) is 10.9 Å². The van der Waals surface area contributed by atoms with Crippen LogP contribution in [0.5, 0.6) is 0 Å². The minimum atomic E-state index is -4.92. The van der Waals surface area contributed by atoms with Gasteiger partial charge in [-0.25, -0.2) is 0 Å². The summed E-state index contributed by atoms with van der Waals surface area (Å²) in [7, 11) is 0. The lowest BCUT2D eigenvalue weighted by Gasteiger charge is -2.40. The van der Waals surface area contributed by atoms with Gasteiger partial charge < -0.3 is 19.1 Å². The summed E-state index contributed by atoms with van der Waals surface area (Å²) in [4.78, 5) is 12.2. The summed E-state index contributed by atoms with van der Waals surface area (Å²) in [6.45, 7) is 0.977. The Kier molecular flexibility index (Phi) is 6.45. The summed E-state index contributed by atoms with van der Waals surface area (Å²) in [6, 6.07) is 16.8. The Balaban J connectivity index is 1.72. The highest BCUT2D eigenvalue weighted by Crippen LogP contribution is 2.45. The Hall–Kier alpha value is -3.26. The van der Waals surface area contributed by atoms with Crippen LogP contribution in [0.3, 0.4) is 0 Å². The molecule has 2 unspecified atom stereocenters. The van der Waals surface area contributed by atoms with E-state index in [4.69, 9.17) is 9.47 Å². The minimum Gasteiger partial charge on any atom is -0.462 e. The summed E-state index contributed by atoms with van der Waals surface area (Å²) >= 11 is 0. The summed E-state index contributed by atoms with van der Waals surface area (Å²) in [6.07, 6.45) is -2.35. The topological polar surface area (TPSA) is 60.7 Å². The maximum atomic E-state index is 14.5. The van der Waals surface area contributed by atoms with Gasteiger partial charge in [-0.05, 0) is 36.0 Å². The normalized spacial score (nSPS) is 17.4. The van der Waals surface area contributed by atoms with Crippen molar-refractivity contribution in [3.05, 3.63) is 94.7 Å². The van der Waals surface area contributed by atoms with Crippen molar-refractivity contribution in [2.24, 2.45) is 5.41 Å². The summed E-state index contributed by atoms with van der Waals surface area (Å²) in [5.74, 6) is 0.441. The van der Waals surface area contributed by atoms with E-state index < -0.39 is 30.2 Å². The Morgan fingerprint density at radius 1 is 1.00 bits per heavy atom. The molecule has 0 saturated heterocycles. The zero-order valence-electron chi connectivity index (χ0n) is 18.7. The van der Waals surface area contributed by atoms with E-state index in [2.05, 4.69) is 0 Å². The number of allylic oxidation sites excluding steroid dienone is 1. The fraction of sp³-hybridized carbons (Fsp3) is 0.346. The monoisotopic (exact) mass is 473 g/mol. The molecular formula is C26H26F3NO4. The van der Waals surface area contributed by atoms with E-state index in [1.54, 1.807) is 31.2 Å². The number of aliphatic hydroxyl groups is 1. The lowest BCUT2D eigenvalue weighted by atomic mass is 9.71. The molecule has 0 fully saturated rings. The van der Waals surface area contributed by atoms with Crippen molar-refractivity contribution in [1.29, 1.82) is 0 Å². The number of para-hydroxylation sites is 1. The highest BCUT2D eigenvalue weighted by atomic mass is 19.4. The van der Waals surface area contributed by atoms with Crippen LogP contribution in [-0.4, -0.2) is 28.2 Å². The summed E-state index contributed by atoms with van der Waals surface area (Å²) < 4.78 is 55.2. The number of pyridine rings is 1. The molecule has 0 saturated carbocycles. The molecule has 1 aliphatic rings. The molecule has 8 heteroatoms. The molecule has 180 valence electrons. The van der Waals surface area contributed by atoms with Gasteiger partial charge in [0.25, 0.3) is 0 Å².